The molecule has 1 heterocycles. The zero-order chi connectivity index (χ0) is 10.0. The summed E-state index contributed by atoms with van der Waals surface area (Å²) in [6.45, 7) is 5.83. The van der Waals surface area contributed by atoms with E-state index in [1.807, 2.05) is 13.8 Å². The van der Waals surface area contributed by atoms with Crippen LogP contribution in [0.15, 0.2) is 0 Å². The summed E-state index contributed by atoms with van der Waals surface area (Å²) < 4.78 is 4.82. The van der Waals surface area contributed by atoms with Crippen molar-refractivity contribution in [3.63, 3.8) is 0 Å². The van der Waals surface area contributed by atoms with Gasteiger partial charge in [-0.25, -0.2) is 4.79 Å². The van der Waals surface area contributed by atoms with Crippen molar-refractivity contribution in [2.45, 2.75) is 20.8 Å². The Balaban J connectivity index is 3.01. The van der Waals surface area contributed by atoms with Gasteiger partial charge in [0.05, 0.1) is 11.6 Å². The molecule has 0 atom stereocenters. The van der Waals surface area contributed by atoms with Crippen LogP contribution in [0.1, 0.15) is 28.7 Å². The summed E-state index contributed by atoms with van der Waals surface area (Å²) >= 11 is 5.91. The number of hydrogen-bond donors (Lipinski definition) is 1. The van der Waals surface area contributed by atoms with Crippen molar-refractivity contribution >= 4 is 17.6 Å². The number of nitrogens with one attached hydrogen (secondary N) is 1. The predicted octanol–water partition coefficient (Wildman–Crippen LogP) is 2.46. The lowest BCUT2D eigenvalue weighted by Crippen LogP contribution is -2.05. The van der Waals surface area contributed by atoms with Crippen molar-refractivity contribution in [3.8, 4) is 0 Å². The summed E-state index contributed by atoms with van der Waals surface area (Å²) in [5.41, 5.74) is 2.14. The lowest BCUT2D eigenvalue weighted by molar-refractivity contribution is 0.0520. The van der Waals surface area contributed by atoms with Gasteiger partial charge < -0.3 is 9.72 Å². The number of rotatable bonds is 2. The predicted molar refractivity (Wildman–Crippen MR) is 51.2 cm³/mol. The fourth-order valence-corrected chi connectivity index (χ4v) is 1.30. The number of aromatic amines is 1. The Hall–Kier alpha value is -0.960. The van der Waals surface area contributed by atoms with Gasteiger partial charge in [-0.2, -0.15) is 0 Å². The fourth-order valence-electron chi connectivity index (χ4n) is 1.03. The smallest absolute Gasteiger partial charge is 0.356 e. The number of carbonyl (C=O) groups excluding carboxylic acids is 1. The van der Waals surface area contributed by atoms with E-state index in [1.54, 1.807) is 6.92 Å². The van der Waals surface area contributed by atoms with Crippen LogP contribution in [0.3, 0.4) is 0 Å². The first-order valence-corrected chi connectivity index (χ1v) is 4.47. The lowest BCUT2D eigenvalue weighted by Gasteiger charge is -1.98. The molecular weight excluding hydrogens is 190 g/mol. The molecule has 0 aliphatic heterocycles. The van der Waals surface area contributed by atoms with Crippen LogP contribution in [-0.2, 0) is 4.74 Å². The molecule has 0 unspecified atom stereocenters. The van der Waals surface area contributed by atoms with Gasteiger partial charge in [0.2, 0.25) is 0 Å². The lowest BCUT2D eigenvalue weighted by atomic mass is 10.3. The van der Waals surface area contributed by atoms with Gasteiger partial charge in [-0.1, -0.05) is 11.6 Å². The fraction of sp³-hybridized carbons (Fsp3) is 0.444. The SMILES string of the molecule is CCOC(=O)c1[nH]c(C)c(C)c1Cl. The maximum Gasteiger partial charge on any atom is 0.356 e. The highest BCUT2D eigenvalue weighted by Crippen LogP contribution is 2.23. The Kier molecular flexibility index (Phi) is 2.98. The molecule has 0 saturated heterocycles. The van der Waals surface area contributed by atoms with Crippen molar-refractivity contribution in [1.29, 1.82) is 0 Å². The molecular formula is C9H12ClNO2. The molecule has 0 spiro atoms. The molecule has 13 heavy (non-hydrogen) atoms. The number of aromatic nitrogens is 1. The molecule has 0 amide bonds. The molecule has 1 rings (SSSR count). The summed E-state index contributed by atoms with van der Waals surface area (Å²) in [6, 6.07) is 0. The minimum Gasteiger partial charge on any atom is -0.461 e. The van der Waals surface area contributed by atoms with E-state index in [2.05, 4.69) is 4.98 Å². The van der Waals surface area contributed by atoms with Crippen molar-refractivity contribution in [1.82, 2.24) is 4.98 Å². The summed E-state index contributed by atoms with van der Waals surface area (Å²) in [6.07, 6.45) is 0. The van der Waals surface area contributed by atoms with Crippen molar-refractivity contribution in [2.24, 2.45) is 0 Å². The van der Waals surface area contributed by atoms with Gasteiger partial charge in [-0.15, -0.1) is 0 Å². The van der Waals surface area contributed by atoms with Crippen LogP contribution in [0.4, 0.5) is 0 Å². The Morgan fingerprint density at radius 3 is 2.54 bits per heavy atom. The number of hydrogen-bond acceptors (Lipinski definition) is 2. The number of aryl methyl sites for hydroxylation is 1. The van der Waals surface area contributed by atoms with Crippen LogP contribution < -0.4 is 0 Å². The molecule has 1 aromatic rings. The molecule has 0 fully saturated rings. The van der Waals surface area contributed by atoms with E-state index in [9.17, 15) is 4.79 Å². The minimum absolute atomic E-state index is 0.346. The quantitative estimate of drug-likeness (QED) is 0.747. The zero-order valence-corrected chi connectivity index (χ0v) is 8.66. The second-order valence-corrected chi connectivity index (χ2v) is 3.16. The number of carbonyl (C=O) groups is 1. The maximum atomic E-state index is 11.3. The molecule has 0 aliphatic rings. The number of halogens is 1. The second kappa shape index (κ2) is 3.83. The standard InChI is InChI=1S/C9H12ClNO2/c1-4-13-9(12)8-7(10)5(2)6(3)11-8/h11H,4H2,1-3H3. The largest absolute Gasteiger partial charge is 0.461 e. The highest BCUT2D eigenvalue weighted by molar-refractivity contribution is 6.34. The summed E-state index contributed by atoms with van der Waals surface area (Å²) in [5, 5.41) is 0.455. The average Bonchev–Trinajstić information content (AvgIpc) is 2.33. The molecule has 0 saturated carbocycles. The third-order valence-corrected chi connectivity index (χ3v) is 2.38. The molecule has 4 heteroatoms. The minimum atomic E-state index is -0.399. The van der Waals surface area contributed by atoms with Gasteiger partial charge >= 0.3 is 5.97 Å². The van der Waals surface area contributed by atoms with Crippen LogP contribution in [-0.4, -0.2) is 17.6 Å². The first kappa shape index (κ1) is 10.1. The van der Waals surface area contributed by atoms with E-state index >= 15 is 0 Å². The topological polar surface area (TPSA) is 42.1 Å². The van der Waals surface area contributed by atoms with Crippen LogP contribution in [0.2, 0.25) is 5.02 Å². The Labute approximate surface area is 82.0 Å². The molecule has 1 N–H and O–H groups in total. The average molecular weight is 202 g/mol. The molecule has 72 valence electrons. The molecule has 1 aromatic heterocycles. The number of H-pyrrole nitrogens is 1. The van der Waals surface area contributed by atoms with Gasteiger partial charge in [0.1, 0.15) is 5.69 Å². The Morgan fingerprint density at radius 1 is 1.54 bits per heavy atom. The molecule has 0 aromatic carbocycles. The third kappa shape index (κ3) is 1.86. The van der Waals surface area contributed by atoms with E-state index in [0.717, 1.165) is 11.3 Å². The number of ether oxygens (including phenoxy) is 1. The summed E-state index contributed by atoms with van der Waals surface area (Å²) in [7, 11) is 0. The van der Waals surface area contributed by atoms with E-state index in [-0.39, 0.29) is 0 Å². The highest BCUT2D eigenvalue weighted by Gasteiger charge is 2.16. The van der Waals surface area contributed by atoms with Gasteiger partial charge in [-0.3, -0.25) is 0 Å². The normalized spacial score (nSPS) is 10.2. The number of esters is 1. The van der Waals surface area contributed by atoms with Crippen molar-refractivity contribution in [2.75, 3.05) is 6.61 Å². The summed E-state index contributed by atoms with van der Waals surface area (Å²) in [4.78, 5) is 14.2. The van der Waals surface area contributed by atoms with Gasteiger partial charge in [-0.05, 0) is 26.3 Å². The van der Waals surface area contributed by atoms with Crippen molar-refractivity contribution < 1.29 is 9.53 Å². The van der Waals surface area contributed by atoms with Gasteiger partial charge in [0.15, 0.2) is 0 Å². The van der Waals surface area contributed by atoms with Crippen molar-refractivity contribution in [3.05, 3.63) is 22.0 Å². The second-order valence-electron chi connectivity index (χ2n) is 2.78. The summed E-state index contributed by atoms with van der Waals surface area (Å²) in [5.74, 6) is -0.399. The van der Waals surface area contributed by atoms with Gasteiger partial charge in [0.25, 0.3) is 0 Å². The monoisotopic (exact) mass is 201 g/mol. The Bertz CT molecular complexity index is 331. The molecule has 0 aliphatic carbocycles. The van der Waals surface area contributed by atoms with Crippen LogP contribution >= 0.6 is 11.6 Å². The Morgan fingerprint density at radius 2 is 2.15 bits per heavy atom. The molecule has 0 bridgehead atoms. The van der Waals surface area contributed by atoms with E-state index in [4.69, 9.17) is 16.3 Å². The molecule has 3 nitrogen and oxygen atoms in total. The van der Waals surface area contributed by atoms with Gasteiger partial charge in [0, 0.05) is 5.69 Å². The first-order chi connectivity index (χ1) is 6.07. The van der Waals surface area contributed by atoms with Crippen LogP contribution in [0.5, 0.6) is 0 Å². The zero-order valence-electron chi connectivity index (χ0n) is 7.90. The van der Waals surface area contributed by atoms with Crippen LogP contribution in [0, 0.1) is 13.8 Å². The first-order valence-electron chi connectivity index (χ1n) is 4.09. The van der Waals surface area contributed by atoms with E-state index in [1.165, 1.54) is 0 Å². The molecule has 0 radical (unpaired) electrons. The maximum absolute atomic E-state index is 11.3. The third-order valence-electron chi connectivity index (χ3n) is 1.90. The highest BCUT2D eigenvalue weighted by atomic mass is 35.5. The van der Waals surface area contributed by atoms with Crippen LogP contribution in [0.25, 0.3) is 0 Å². The van der Waals surface area contributed by atoms with E-state index < -0.39 is 5.97 Å². The van der Waals surface area contributed by atoms with E-state index in [0.29, 0.717) is 17.3 Å².